The van der Waals surface area contributed by atoms with Gasteiger partial charge in [-0.2, -0.15) is 0 Å². The number of hydroxylamine groups is 1. The van der Waals surface area contributed by atoms with Crippen molar-refractivity contribution in [3.05, 3.63) is 44.5 Å². The maximum Gasteiger partial charge on any atom is 0.156 e. The molecule has 1 aromatic carbocycles. The molecule has 0 aromatic heterocycles. The second-order valence-corrected chi connectivity index (χ2v) is 7.94. The van der Waals surface area contributed by atoms with E-state index >= 15 is 0 Å². The number of benzene rings is 1. The van der Waals surface area contributed by atoms with E-state index in [1.165, 1.54) is 6.08 Å². The molecule has 0 fully saturated rings. The Morgan fingerprint density at radius 1 is 1.07 bits per heavy atom. The number of nitrogens with one attached hydrogen (secondary N) is 1. The highest BCUT2D eigenvalue weighted by Crippen LogP contribution is 2.37. The molecule has 0 atom stereocenters. The molecule has 0 aliphatic carbocycles. The van der Waals surface area contributed by atoms with Gasteiger partial charge < -0.3 is 9.47 Å². The Morgan fingerprint density at radius 3 is 2.30 bits per heavy atom. The van der Waals surface area contributed by atoms with Crippen LogP contribution in [-0.4, -0.2) is 19.8 Å². The molecular weight excluding hydrogens is 432 g/mol. The van der Waals surface area contributed by atoms with Crippen LogP contribution in [0.3, 0.4) is 0 Å². The summed E-state index contributed by atoms with van der Waals surface area (Å²) in [6.45, 7) is 7.48. The average Bonchev–Trinajstić information content (AvgIpc) is 2.55. The van der Waals surface area contributed by atoms with Crippen LogP contribution in [0.25, 0.3) is 0 Å². The van der Waals surface area contributed by atoms with Gasteiger partial charge in [0.2, 0.25) is 0 Å². The van der Waals surface area contributed by atoms with Gasteiger partial charge in [-0.05, 0) is 31.8 Å². The molecule has 1 N–H and O–H groups in total. The molecule has 152 valence electrons. The highest BCUT2D eigenvalue weighted by atomic mass is 35.5. The lowest BCUT2D eigenvalue weighted by Crippen LogP contribution is -2.14. The third-order valence-electron chi connectivity index (χ3n) is 3.16. The molecule has 0 unspecified atom stereocenters. The maximum absolute atomic E-state index is 6.22. The predicted molar refractivity (Wildman–Crippen MR) is 114 cm³/mol. The van der Waals surface area contributed by atoms with Crippen LogP contribution in [0, 0.1) is 5.92 Å². The van der Waals surface area contributed by atoms with Crippen molar-refractivity contribution in [1.29, 1.82) is 0 Å². The smallest absolute Gasteiger partial charge is 0.156 e. The van der Waals surface area contributed by atoms with Crippen LogP contribution in [0.1, 0.15) is 33.6 Å². The fourth-order valence-corrected chi connectivity index (χ4v) is 2.81. The minimum atomic E-state index is 0.137. The Kier molecular flexibility index (Phi) is 12.0. The zero-order valence-corrected chi connectivity index (χ0v) is 18.7. The number of halogens is 4. The van der Waals surface area contributed by atoms with E-state index in [0.29, 0.717) is 40.7 Å². The van der Waals surface area contributed by atoms with E-state index in [0.717, 1.165) is 18.5 Å². The van der Waals surface area contributed by atoms with Crippen molar-refractivity contribution in [1.82, 2.24) is 5.48 Å². The second-order valence-electron chi connectivity index (χ2n) is 6.12. The SMILES string of the molecule is CC(=CC(C)C)NOCCCCOc1c(Cl)cc(OCC=C(Cl)Cl)cc1Cl. The van der Waals surface area contributed by atoms with E-state index in [1.807, 2.05) is 6.92 Å². The van der Waals surface area contributed by atoms with Crippen LogP contribution in [-0.2, 0) is 4.84 Å². The number of rotatable bonds is 12. The molecule has 1 rings (SSSR count). The van der Waals surface area contributed by atoms with Gasteiger partial charge in [-0.25, -0.2) is 0 Å². The molecule has 0 bridgehead atoms. The van der Waals surface area contributed by atoms with Gasteiger partial charge >= 0.3 is 0 Å². The second kappa shape index (κ2) is 13.4. The molecule has 0 radical (unpaired) electrons. The minimum absolute atomic E-state index is 0.137. The first-order valence-corrected chi connectivity index (χ1v) is 10.1. The molecule has 0 aliphatic rings. The lowest BCUT2D eigenvalue weighted by Gasteiger charge is -2.12. The number of ether oxygens (including phenoxy) is 2. The van der Waals surface area contributed by atoms with Gasteiger partial charge in [-0.1, -0.05) is 66.3 Å². The van der Waals surface area contributed by atoms with Crippen molar-refractivity contribution >= 4 is 46.4 Å². The standard InChI is InChI=1S/C19H25Cl4NO3/c1-13(2)10-14(3)24-27-8-5-4-7-26-19-16(20)11-15(12-17(19)21)25-9-6-18(22)23/h6,10-13,24H,4-5,7-9H2,1-3H3. The van der Waals surface area contributed by atoms with Gasteiger partial charge in [0.1, 0.15) is 16.8 Å². The van der Waals surface area contributed by atoms with Gasteiger partial charge in [0.25, 0.3) is 0 Å². The summed E-state index contributed by atoms with van der Waals surface area (Å²) in [5.74, 6) is 1.43. The summed E-state index contributed by atoms with van der Waals surface area (Å²) in [7, 11) is 0. The highest BCUT2D eigenvalue weighted by Gasteiger charge is 2.10. The lowest BCUT2D eigenvalue weighted by atomic mass is 10.2. The molecule has 4 nitrogen and oxygen atoms in total. The van der Waals surface area contributed by atoms with Crippen molar-refractivity contribution in [3.8, 4) is 11.5 Å². The van der Waals surface area contributed by atoms with E-state index in [2.05, 4.69) is 25.4 Å². The van der Waals surface area contributed by atoms with Gasteiger partial charge in [0.15, 0.2) is 5.75 Å². The lowest BCUT2D eigenvalue weighted by molar-refractivity contribution is 0.0578. The molecule has 0 amide bonds. The van der Waals surface area contributed by atoms with Gasteiger partial charge in [-0.3, -0.25) is 10.3 Å². The molecule has 8 heteroatoms. The fraction of sp³-hybridized carbons (Fsp3) is 0.474. The molecule has 1 aromatic rings. The van der Waals surface area contributed by atoms with E-state index in [9.17, 15) is 0 Å². The van der Waals surface area contributed by atoms with Crippen molar-refractivity contribution in [2.24, 2.45) is 5.92 Å². The number of allylic oxidation sites excluding steroid dienone is 2. The van der Waals surface area contributed by atoms with E-state index in [1.54, 1.807) is 12.1 Å². The molecule has 0 saturated heterocycles. The topological polar surface area (TPSA) is 39.7 Å². The average molecular weight is 457 g/mol. The van der Waals surface area contributed by atoms with Gasteiger partial charge in [0.05, 0.1) is 23.3 Å². The zero-order chi connectivity index (χ0) is 20.2. The summed E-state index contributed by atoms with van der Waals surface area (Å²) in [4.78, 5) is 5.40. The van der Waals surface area contributed by atoms with Crippen LogP contribution in [0.5, 0.6) is 11.5 Å². The van der Waals surface area contributed by atoms with Crippen molar-refractivity contribution in [3.63, 3.8) is 0 Å². The summed E-state index contributed by atoms with van der Waals surface area (Å²) < 4.78 is 11.3. The third kappa shape index (κ3) is 11.0. The third-order valence-corrected chi connectivity index (χ3v) is 4.03. The summed E-state index contributed by atoms with van der Waals surface area (Å²) in [5, 5.41) is 0.761. The Labute approximate surface area is 181 Å². The van der Waals surface area contributed by atoms with Gasteiger partial charge in [0, 0.05) is 17.8 Å². The van der Waals surface area contributed by atoms with Crippen molar-refractivity contribution in [2.75, 3.05) is 19.8 Å². The highest BCUT2D eigenvalue weighted by molar-refractivity contribution is 6.55. The van der Waals surface area contributed by atoms with E-state index in [-0.39, 0.29) is 11.1 Å². The van der Waals surface area contributed by atoms with Crippen LogP contribution in [0.2, 0.25) is 10.0 Å². The fourth-order valence-electron chi connectivity index (χ4n) is 2.11. The number of hydrogen-bond acceptors (Lipinski definition) is 4. The van der Waals surface area contributed by atoms with Crippen LogP contribution >= 0.6 is 46.4 Å². The predicted octanol–water partition coefficient (Wildman–Crippen LogP) is 6.93. The summed E-state index contributed by atoms with van der Waals surface area (Å²) in [6, 6.07) is 3.27. The Bertz CT molecular complexity index is 621. The van der Waals surface area contributed by atoms with Gasteiger partial charge in [-0.15, -0.1) is 0 Å². The molecule has 0 aliphatic heterocycles. The quantitative estimate of drug-likeness (QED) is 0.273. The van der Waals surface area contributed by atoms with Crippen molar-refractivity contribution in [2.45, 2.75) is 33.6 Å². The first-order valence-electron chi connectivity index (χ1n) is 8.61. The van der Waals surface area contributed by atoms with Crippen molar-refractivity contribution < 1.29 is 14.3 Å². The summed E-state index contributed by atoms with van der Waals surface area (Å²) in [6.07, 6.45) is 5.26. The Morgan fingerprint density at radius 2 is 1.70 bits per heavy atom. The number of unbranched alkanes of at least 4 members (excludes halogenated alkanes) is 1. The Balaban J connectivity index is 2.33. The summed E-state index contributed by atoms with van der Waals surface area (Å²) >= 11 is 23.5. The molecule has 0 saturated carbocycles. The van der Waals surface area contributed by atoms with Crippen LogP contribution in [0.4, 0.5) is 0 Å². The maximum atomic E-state index is 6.22. The monoisotopic (exact) mass is 455 g/mol. The molecule has 0 spiro atoms. The number of hydrogen-bond donors (Lipinski definition) is 1. The van der Waals surface area contributed by atoms with Crippen LogP contribution < -0.4 is 15.0 Å². The summed E-state index contributed by atoms with van der Waals surface area (Å²) in [5.41, 5.74) is 3.92. The first kappa shape index (κ1) is 24.3. The van der Waals surface area contributed by atoms with E-state index in [4.69, 9.17) is 60.7 Å². The van der Waals surface area contributed by atoms with Crippen LogP contribution in [0.15, 0.2) is 34.5 Å². The molecular formula is C19H25Cl4NO3. The largest absolute Gasteiger partial charge is 0.490 e. The first-order chi connectivity index (χ1) is 12.8. The molecule has 27 heavy (non-hydrogen) atoms. The van der Waals surface area contributed by atoms with E-state index < -0.39 is 0 Å². The normalized spacial score (nSPS) is 11.5. The molecule has 0 heterocycles. The minimum Gasteiger partial charge on any atom is -0.490 e. The Hall–Kier alpha value is -0.780. The zero-order valence-electron chi connectivity index (χ0n) is 15.7.